The van der Waals surface area contributed by atoms with Crippen LogP contribution in [0.15, 0.2) is 16.1 Å². The van der Waals surface area contributed by atoms with Gasteiger partial charge in [-0.05, 0) is 18.4 Å². The third-order valence-corrected chi connectivity index (χ3v) is 1.98. The number of hydrogen-bond donors (Lipinski definition) is 0. The first-order valence-electron chi connectivity index (χ1n) is 3.15. The summed E-state index contributed by atoms with van der Waals surface area (Å²) in [6.45, 7) is 1.01. The Labute approximate surface area is 49.1 Å². The number of hydrogen-bond acceptors (Lipinski definition) is 1. The SMILES string of the molecule is C1=NCC2=C(C1)CC2. The molecule has 1 aliphatic heterocycles. The highest BCUT2D eigenvalue weighted by Gasteiger charge is 2.16. The molecule has 0 aromatic heterocycles. The van der Waals surface area contributed by atoms with E-state index in [0.29, 0.717) is 0 Å². The first kappa shape index (κ1) is 4.30. The van der Waals surface area contributed by atoms with Gasteiger partial charge in [-0.15, -0.1) is 0 Å². The zero-order chi connectivity index (χ0) is 5.40. The summed E-state index contributed by atoms with van der Waals surface area (Å²) in [5, 5.41) is 0. The van der Waals surface area contributed by atoms with Gasteiger partial charge in [-0.1, -0.05) is 5.57 Å². The van der Waals surface area contributed by atoms with Crippen molar-refractivity contribution in [1.29, 1.82) is 0 Å². The van der Waals surface area contributed by atoms with Crippen molar-refractivity contribution < 1.29 is 0 Å². The molecular formula is C7H9N. The lowest BCUT2D eigenvalue weighted by atomic mass is 9.85. The minimum Gasteiger partial charge on any atom is -0.293 e. The van der Waals surface area contributed by atoms with Gasteiger partial charge in [-0.25, -0.2) is 0 Å². The van der Waals surface area contributed by atoms with Crippen LogP contribution in [0.4, 0.5) is 0 Å². The molecule has 0 amide bonds. The molecule has 1 aliphatic carbocycles. The first-order chi connectivity index (χ1) is 3.97. The van der Waals surface area contributed by atoms with E-state index in [1.807, 2.05) is 6.21 Å². The molecule has 0 aromatic carbocycles. The van der Waals surface area contributed by atoms with Crippen molar-refractivity contribution in [2.24, 2.45) is 4.99 Å². The lowest BCUT2D eigenvalue weighted by molar-refractivity contribution is 0.743. The van der Waals surface area contributed by atoms with Crippen LogP contribution in [0.2, 0.25) is 0 Å². The highest BCUT2D eigenvalue weighted by atomic mass is 14.7. The van der Waals surface area contributed by atoms with Crippen molar-refractivity contribution in [2.45, 2.75) is 19.3 Å². The number of allylic oxidation sites excluding steroid dienone is 1. The summed E-state index contributed by atoms with van der Waals surface area (Å²) >= 11 is 0. The van der Waals surface area contributed by atoms with Crippen LogP contribution >= 0.6 is 0 Å². The highest BCUT2D eigenvalue weighted by Crippen LogP contribution is 2.31. The van der Waals surface area contributed by atoms with Gasteiger partial charge >= 0.3 is 0 Å². The molecule has 1 heteroatoms. The van der Waals surface area contributed by atoms with E-state index in [1.54, 1.807) is 11.1 Å². The number of nitrogens with zero attached hydrogens (tertiary/aromatic N) is 1. The van der Waals surface area contributed by atoms with E-state index in [0.717, 1.165) is 13.0 Å². The zero-order valence-electron chi connectivity index (χ0n) is 4.85. The average Bonchev–Trinajstić information content (AvgIpc) is 1.72. The first-order valence-corrected chi connectivity index (χ1v) is 3.15. The third kappa shape index (κ3) is 0.443. The lowest BCUT2D eigenvalue weighted by Gasteiger charge is -2.24. The van der Waals surface area contributed by atoms with Gasteiger partial charge in [0.15, 0.2) is 0 Å². The summed E-state index contributed by atoms with van der Waals surface area (Å²) in [6.07, 6.45) is 5.86. The fourth-order valence-electron chi connectivity index (χ4n) is 1.27. The molecule has 0 saturated carbocycles. The van der Waals surface area contributed by atoms with Gasteiger partial charge in [0, 0.05) is 12.6 Å². The van der Waals surface area contributed by atoms with Gasteiger partial charge in [0.05, 0.1) is 6.54 Å². The predicted octanol–water partition coefficient (Wildman–Crippen LogP) is 1.55. The molecule has 0 radical (unpaired) electrons. The van der Waals surface area contributed by atoms with E-state index in [-0.39, 0.29) is 0 Å². The molecule has 8 heavy (non-hydrogen) atoms. The van der Waals surface area contributed by atoms with E-state index in [9.17, 15) is 0 Å². The molecule has 2 rings (SSSR count). The van der Waals surface area contributed by atoms with E-state index in [4.69, 9.17) is 0 Å². The van der Waals surface area contributed by atoms with Crippen molar-refractivity contribution in [3.8, 4) is 0 Å². The molecule has 0 fully saturated rings. The Balaban J connectivity index is 2.23. The highest BCUT2D eigenvalue weighted by molar-refractivity contribution is 5.65. The van der Waals surface area contributed by atoms with E-state index in [2.05, 4.69) is 4.99 Å². The van der Waals surface area contributed by atoms with Crippen LogP contribution in [0.5, 0.6) is 0 Å². The summed E-state index contributed by atoms with van der Waals surface area (Å²) < 4.78 is 0. The maximum atomic E-state index is 4.18. The topological polar surface area (TPSA) is 12.4 Å². The zero-order valence-corrected chi connectivity index (χ0v) is 4.85. The molecule has 0 N–H and O–H groups in total. The van der Waals surface area contributed by atoms with E-state index < -0.39 is 0 Å². The van der Waals surface area contributed by atoms with Crippen molar-refractivity contribution in [2.75, 3.05) is 6.54 Å². The van der Waals surface area contributed by atoms with Crippen LogP contribution in [0.25, 0.3) is 0 Å². The molecular weight excluding hydrogens is 98.1 g/mol. The maximum Gasteiger partial charge on any atom is 0.0598 e. The Morgan fingerprint density at radius 3 is 2.50 bits per heavy atom. The molecule has 0 bridgehead atoms. The summed E-state index contributed by atoms with van der Waals surface area (Å²) in [6, 6.07) is 0. The van der Waals surface area contributed by atoms with Crippen LogP contribution in [-0.2, 0) is 0 Å². The number of rotatable bonds is 0. The van der Waals surface area contributed by atoms with Gasteiger partial charge < -0.3 is 0 Å². The van der Waals surface area contributed by atoms with Crippen LogP contribution in [0, 0.1) is 0 Å². The summed E-state index contributed by atoms with van der Waals surface area (Å²) in [7, 11) is 0. The minimum absolute atomic E-state index is 1.01. The molecule has 1 nitrogen and oxygen atoms in total. The van der Waals surface area contributed by atoms with Gasteiger partial charge in [0.25, 0.3) is 0 Å². The Hall–Kier alpha value is -0.590. The molecule has 0 unspecified atom stereocenters. The van der Waals surface area contributed by atoms with Crippen LogP contribution in [-0.4, -0.2) is 12.8 Å². The predicted molar refractivity (Wildman–Crippen MR) is 34.2 cm³/mol. The summed E-state index contributed by atoms with van der Waals surface area (Å²) in [5.41, 5.74) is 3.28. The minimum atomic E-state index is 1.01. The Morgan fingerprint density at radius 1 is 1.25 bits per heavy atom. The molecule has 0 spiro atoms. The second-order valence-corrected chi connectivity index (χ2v) is 2.43. The van der Waals surface area contributed by atoms with Crippen LogP contribution < -0.4 is 0 Å². The smallest absolute Gasteiger partial charge is 0.0598 e. The number of aliphatic imine (C=N–C) groups is 1. The fourth-order valence-corrected chi connectivity index (χ4v) is 1.27. The van der Waals surface area contributed by atoms with Crippen molar-refractivity contribution >= 4 is 6.21 Å². The lowest BCUT2D eigenvalue weighted by Crippen LogP contribution is -2.11. The monoisotopic (exact) mass is 107 g/mol. The van der Waals surface area contributed by atoms with Gasteiger partial charge in [-0.2, -0.15) is 0 Å². The van der Waals surface area contributed by atoms with E-state index in [1.165, 1.54) is 12.8 Å². The van der Waals surface area contributed by atoms with Gasteiger partial charge in [0.2, 0.25) is 0 Å². The van der Waals surface area contributed by atoms with Gasteiger partial charge in [0.1, 0.15) is 0 Å². The normalized spacial score (nSPS) is 25.0. The summed E-state index contributed by atoms with van der Waals surface area (Å²) in [5.74, 6) is 0. The van der Waals surface area contributed by atoms with Crippen molar-refractivity contribution in [3.05, 3.63) is 11.1 Å². The summed E-state index contributed by atoms with van der Waals surface area (Å²) in [4.78, 5) is 4.18. The fraction of sp³-hybridized carbons (Fsp3) is 0.571. The molecule has 42 valence electrons. The van der Waals surface area contributed by atoms with Gasteiger partial charge in [-0.3, -0.25) is 4.99 Å². The van der Waals surface area contributed by atoms with Crippen molar-refractivity contribution in [3.63, 3.8) is 0 Å². The second-order valence-electron chi connectivity index (χ2n) is 2.43. The second kappa shape index (κ2) is 1.44. The van der Waals surface area contributed by atoms with Crippen molar-refractivity contribution in [1.82, 2.24) is 0 Å². The molecule has 0 atom stereocenters. The third-order valence-electron chi connectivity index (χ3n) is 1.98. The Morgan fingerprint density at radius 2 is 2.12 bits per heavy atom. The standard InChI is InChI=1S/C7H9N/c1-2-7-5-8-4-3-6(1)7/h4H,1-3,5H2. The van der Waals surface area contributed by atoms with Crippen LogP contribution in [0.1, 0.15) is 19.3 Å². The van der Waals surface area contributed by atoms with E-state index >= 15 is 0 Å². The molecule has 0 saturated heterocycles. The maximum absolute atomic E-state index is 4.18. The average molecular weight is 107 g/mol. The molecule has 1 heterocycles. The largest absolute Gasteiger partial charge is 0.293 e. The molecule has 2 aliphatic rings. The Kier molecular flexibility index (Phi) is 0.775. The van der Waals surface area contributed by atoms with Crippen LogP contribution in [0.3, 0.4) is 0 Å². The molecule has 0 aromatic rings. The quantitative estimate of drug-likeness (QED) is 0.416. The number of dihydropyridines is 1. The Bertz CT molecular complexity index is 147.